The van der Waals surface area contributed by atoms with Crippen molar-refractivity contribution >= 4 is 16.0 Å². The lowest BCUT2D eigenvalue weighted by Gasteiger charge is -2.17. The van der Waals surface area contributed by atoms with E-state index < -0.39 is 32.7 Å². The molecule has 0 bridgehead atoms. The standard InChI is InChI=1S/C13H18FNO5S/c1-8(2)6-11(13(16)17)15-21(18,19)12-5-4-9(20-3)7-10(12)14/h4-5,7-8,11,15H,6H2,1-3H3,(H,16,17)/t11-/m0/s1. The molecule has 0 saturated heterocycles. The third-order valence-electron chi connectivity index (χ3n) is 2.73. The Morgan fingerprint density at radius 2 is 2.05 bits per heavy atom. The normalized spacial score (nSPS) is 13.2. The summed E-state index contributed by atoms with van der Waals surface area (Å²) in [5.74, 6) is -2.17. The molecular formula is C13H18FNO5S. The van der Waals surface area contributed by atoms with Crippen molar-refractivity contribution in [3.63, 3.8) is 0 Å². The van der Waals surface area contributed by atoms with E-state index in [2.05, 4.69) is 0 Å². The highest BCUT2D eigenvalue weighted by atomic mass is 32.2. The molecule has 118 valence electrons. The van der Waals surface area contributed by atoms with Gasteiger partial charge in [-0.2, -0.15) is 4.72 Å². The molecule has 0 aromatic heterocycles. The van der Waals surface area contributed by atoms with Gasteiger partial charge in [0, 0.05) is 6.07 Å². The Hall–Kier alpha value is -1.67. The fraction of sp³-hybridized carbons (Fsp3) is 0.462. The number of hydrogen-bond acceptors (Lipinski definition) is 4. The van der Waals surface area contributed by atoms with Crippen molar-refractivity contribution in [1.29, 1.82) is 0 Å². The van der Waals surface area contributed by atoms with Crippen LogP contribution in [-0.2, 0) is 14.8 Å². The minimum Gasteiger partial charge on any atom is -0.497 e. The fourth-order valence-electron chi connectivity index (χ4n) is 1.75. The van der Waals surface area contributed by atoms with Gasteiger partial charge in [-0.05, 0) is 24.5 Å². The lowest BCUT2D eigenvalue weighted by Crippen LogP contribution is -2.41. The monoisotopic (exact) mass is 319 g/mol. The minimum absolute atomic E-state index is 0.0329. The van der Waals surface area contributed by atoms with Gasteiger partial charge in [0.1, 0.15) is 22.5 Å². The highest BCUT2D eigenvalue weighted by molar-refractivity contribution is 7.89. The number of halogens is 1. The van der Waals surface area contributed by atoms with Gasteiger partial charge in [0.15, 0.2) is 0 Å². The van der Waals surface area contributed by atoms with Crippen molar-refractivity contribution in [2.24, 2.45) is 5.92 Å². The summed E-state index contributed by atoms with van der Waals surface area (Å²) in [6, 6.07) is 1.93. The van der Waals surface area contributed by atoms with E-state index in [-0.39, 0.29) is 18.1 Å². The molecule has 0 aliphatic heterocycles. The highest BCUT2D eigenvalue weighted by Gasteiger charge is 2.28. The Morgan fingerprint density at radius 3 is 2.48 bits per heavy atom. The van der Waals surface area contributed by atoms with Crippen molar-refractivity contribution < 1.29 is 27.4 Å². The largest absolute Gasteiger partial charge is 0.497 e. The Labute approximate surface area is 123 Å². The van der Waals surface area contributed by atoms with E-state index in [1.807, 2.05) is 4.72 Å². The fourth-order valence-corrected chi connectivity index (χ4v) is 3.01. The van der Waals surface area contributed by atoms with E-state index in [9.17, 15) is 17.6 Å². The van der Waals surface area contributed by atoms with Crippen LogP contribution in [-0.4, -0.2) is 32.6 Å². The van der Waals surface area contributed by atoms with Crippen LogP contribution in [0.5, 0.6) is 5.75 Å². The lowest BCUT2D eigenvalue weighted by molar-refractivity contribution is -0.139. The van der Waals surface area contributed by atoms with Gasteiger partial charge >= 0.3 is 5.97 Å². The number of benzene rings is 1. The van der Waals surface area contributed by atoms with Gasteiger partial charge in [-0.25, -0.2) is 12.8 Å². The zero-order valence-corrected chi connectivity index (χ0v) is 12.8. The van der Waals surface area contributed by atoms with Gasteiger partial charge in [-0.15, -0.1) is 0 Å². The van der Waals surface area contributed by atoms with E-state index in [4.69, 9.17) is 9.84 Å². The molecule has 0 aliphatic carbocycles. The summed E-state index contributed by atoms with van der Waals surface area (Å²) in [6.07, 6.45) is 0.104. The van der Waals surface area contributed by atoms with E-state index in [0.717, 1.165) is 12.1 Å². The molecule has 1 atom stereocenters. The molecule has 21 heavy (non-hydrogen) atoms. The second kappa shape index (κ2) is 6.86. The number of carboxylic acids is 1. The number of hydrogen-bond donors (Lipinski definition) is 2. The zero-order valence-electron chi connectivity index (χ0n) is 12.0. The molecule has 0 heterocycles. The van der Waals surface area contributed by atoms with Crippen LogP contribution in [0.4, 0.5) is 4.39 Å². The summed E-state index contributed by atoms with van der Waals surface area (Å²) in [5, 5.41) is 9.04. The van der Waals surface area contributed by atoms with Crippen LogP contribution in [0.15, 0.2) is 23.1 Å². The molecule has 0 saturated carbocycles. The van der Waals surface area contributed by atoms with Crippen molar-refractivity contribution in [2.75, 3.05) is 7.11 Å². The van der Waals surface area contributed by atoms with Gasteiger partial charge in [-0.3, -0.25) is 4.79 Å². The second-order valence-electron chi connectivity index (χ2n) is 4.94. The molecule has 0 radical (unpaired) electrons. The molecular weight excluding hydrogens is 301 g/mol. The highest BCUT2D eigenvalue weighted by Crippen LogP contribution is 2.21. The minimum atomic E-state index is -4.27. The maximum atomic E-state index is 13.8. The van der Waals surface area contributed by atoms with Gasteiger partial charge in [0.2, 0.25) is 10.0 Å². The number of nitrogens with one attached hydrogen (secondary N) is 1. The van der Waals surface area contributed by atoms with Crippen LogP contribution in [0.25, 0.3) is 0 Å². The number of rotatable bonds is 7. The van der Waals surface area contributed by atoms with E-state index >= 15 is 0 Å². The molecule has 0 unspecified atom stereocenters. The van der Waals surface area contributed by atoms with Crippen LogP contribution in [0.2, 0.25) is 0 Å². The van der Waals surface area contributed by atoms with Crippen molar-refractivity contribution in [3.05, 3.63) is 24.0 Å². The quantitative estimate of drug-likeness (QED) is 0.796. The van der Waals surface area contributed by atoms with Crippen LogP contribution in [0.3, 0.4) is 0 Å². The first-order valence-corrected chi connectivity index (χ1v) is 7.74. The summed E-state index contributed by atoms with van der Waals surface area (Å²) < 4.78 is 44.8. The molecule has 1 aromatic rings. The predicted octanol–water partition coefficient (Wildman–Crippen LogP) is 1.61. The maximum Gasteiger partial charge on any atom is 0.321 e. The molecule has 0 aliphatic rings. The Kier molecular flexibility index (Phi) is 5.68. The second-order valence-corrected chi connectivity index (χ2v) is 6.62. The molecule has 1 rings (SSSR count). The summed E-state index contributed by atoms with van der Waals surface area (Å²) >= 11 is 0. The van der Waals surface area contributed by atoms with E-state index in [1.165, 1.54) is 13.2 Å². The van der Waals surface area contributed by atoms with Crippen molar-refractivity contribution in [1.82, 2.24) is 4.72 Å². The number of aliphatic carboxylic acids is 1. The lowest BCUT2D eigenvalue weighted by atomic mass is 10.1. The van der Waals surface area contributed by atoms with E-state index in [0.29, 0.717) is 0 Å². The topological polar surface area (TPSA) is 92.7 Å². The Morgan fingerprint density at radius 1 is 1.43 bits per heavy atom. The smallest absolute Gasteiger partial charge is 0.321 e. The van der Waals surface area contributed by atoms with Crippen LogP contribution >= 0.6 is 0 Å². The molecule has 6 nitrogen and oxygen atoms in total. The van der Waals surface area contributed by atoms with Gasteiger partial charge in [0.25, 0.3) is 0 Å². The first-order valence-electron chi connectivity index (χ1n) is 6.26. The number of methoxy groups -OCH3 is 1. The first kappa shape index (κ1) is 17.4. The number of carboxylic acid groups (broad SMARTS) is 1. The molecule has 0 amide bonds. The molecule has 1 aromatic carbocycles. The average Bonchev–Trinajstić information content (AvgIpc) is 2.36. The third-order valence-corrected chi connectivity index (χ3v) is 4.24. The Bertz CT molecular complexity index is 615. The van der Waals surface area contributed by atoms with Gasteiger partial charge in [0.05, 0.1) is 7.11 Å². The Balaban J connectivity index is 3.07. The molecule has 0 fully saturated rings. The first-order chi connectivity index (χ1) is 9.67. The zero-order chi connectivity index (χ0) is 16.2. The van der Waals surface area contributed by atoms with Crippen LogP contribution in [0, 0.1) is 11.7 Å². The van der Waals surface area contributed by atoms with Crippen molar-refractivity contribution in [2.45, 2.75) is 31.2 Å². The number of sulfonamides is 1. The van der Waals surface area contributed by atoms with E-state index in [1.54, 1.807) is 13.8 Å². The van der Waals surface area contributed by atoms with Crippen LogP contribution in [0.1, 0.15) is 20.3 Å². The molecule has 8 heteroatoms. The molecule has 0 spiro atoms. The summed E-state index contributed by atoms with van der Waals surface area (Å²) in [6.45, 7) is 3.52. The number of ether oxygens (including phenoxy) is 1. The number of carbonyl (C=O) groups is 1. The van der Waals surface area contributed by atoms with Gasteiger partial charge in [-0.1, -0.05) is 13.8 Å². The predicted molar refractivity (Wildman–Crippen MR) is 74.2 cm³/mol. The summed E-state index contributed by atoms with van der Waals surface area (Å²) in [5.41, 5.74) is 0. The average molecular weight is 319 g/mol. The van der Waals surface area contributed by atoms with Gasteiger partial charge < -0.3 is 9.84 Å². The van der Waals surface area contributed by atoms with Crippen molar-refractivity contribution in [3.8, 4) is 5.75 Å². The third kappa shape index (κ3) is 4.68. The SMILES string of the molecule is COc1ccc(S(=O)(=O)N[C@@H](CC(C)C)C(=O)O)c(F)c1. The summed E-state index contributed by atoms with van der Waals surface area (Å²) in [7, 11) is -2.94. The van der Waals surface area contributed by atoms with Crippen LogP contribution < -0.4 is 9.46 Å². The maximum absolute atomic E-state index is 13.8. The summed E-state index contributed by atoms with van der Waals surface area (Å²) in [4.78, 5) is 10.5. The molecule has 2 N–H and O–H groups in total.